The van der Waals surface area contributed by atoms with Crippen molar-refractivity contribution in [3.05, 3.63) is 76.7 Å². The molecule has 0 radical (unpaired) electrons. The summed E-state index contributed by atoms with van der Waals surface area (Å²) >= 11 is 0. The number of halogens is 1. The number of hydrogen-bond acceptors (Lipinski definition) is 5. The molecule has 1 heterocycles. The van der Waals surface area contributed by atoms with Gasteiger partial charge in [0.2, 0.25) is 5.95 Å². The second-order valence-corrected chi connectivity index (χ2v) is 6.79. The number of aliphatic hydroxyl groups is 1. The SMILES string of the molecule is CC.CC.CNc1ncc(F)c(-c2ccc(C(=O)N[C@H](CO)c3cccc(C)c3)cc2C)n1. The molecule has 3 N–H and O–H groups in total. The lowest BCUT2D eigenvalue weighted by atomic mass is 10.0. The fourth-order valence-corrected chi connectivity index (χ4v) is 3.11. The van der Waals surface area contributed by atoms with Crippen LogP contribution in [0, 0.1) is 19.7 Å². The number of nitrogens with zero attached hydrogens (tertiary/aromatic N) is 2. The summed E-state index contributed by atoms with van der Waals surface area (Å²) in [5, 5.41) is 15.3. The van der Waals surface area contributed by atoms with E-state index in [-0.39, 0.29) is 18.2 Å². The Kier molecular flexibility index (Phi) is 11.7. The Hall–Kier alpha value is -3.32. The second kappa shape index (κ2) is 14.0. The normalized spacial score (nSPS) is 10.7. The highest BCUT2D eigenvalue weighted by molar-refractivity contribution is 5.95. The van der Waals surface area contributed by atoms with E-state index in [2.05, 4.69) is 20.6 Å². The van der Waals surface area contributed by atoms with Gasteiger partial charge in [0.1, 0.15) is 5.69 Å². The van der Waals surface area contributed by atoms with E-state index in [1.54, 1.807) is 32.2 Å². The number of anilines is 1. The van der Waals surface area contributed by atoms with Gasteiger partial charge in [-0.25, -0.2) is 14.4 Å². The number of rotatable bonds is 6. The van der Waals surface area contributed by atoms with Crippen molar-refractivity contribution >= 4 is 11.9 Å². The third-order valence-corrected chi connectivity index (χ3v) is 4.64. The number of nitrogens with one attached hydrogen (secondary N) is 2. The zero-order chi connectivity index (χ0) is 25.0. The van der Waals surface area contributed by atoms with E-state index in [1.165, 1.54) is 0 Å². The zero-order valence-corrected chi connectivity index (χ0v) is 20.5. The van der Waals surface area contributed by atoms with E-state index in [4.69, 9.17) is 0 Å². The average Bonchev–Trinajstić information content (AvgIpc) is 2.85. The van der Waals surface area contributed by atoms with Gasteiger partial charge in [-0.2, -0.15) is 0 Å². The molecule has 178 valence electrons. The molecule has 0 bridgehead atoms. The fourth-order valence-electron chi connectivity index (χ4n) is 3.11. The first kappa shape index (κ1) is 27.7. The molecule has 2 aromatic carbocycles. The molecule has 1 amide bonds. The van der Waals surface area contributed by atoms with Crippen LogP contribution in [-0.2, 0) is 0 Å². The predicted octanol–water partition coefficient (Wildman–Crippen LogP) is 5.46. The number of hydrogen-bond donors (Lipinski definition) is 3. The van der Waals surface area contributed by atoms with Crippen LogP contribution in [0.15, 0.2) is 48.7 Å². The minimum Gasteiger partial charge on any atom is -0.394 e. The average molecular weight is 455 g/mol. The summed E-state index contributed by atoms with van der Waals surface area (Å²) in [4.78, 5) is 20.7. The van der Waals surface area contributed by atoms with Crippen molar-refractivity contribution < 1.29 is 14.3 Å². The third-order valence-electron chi connectivity index (χ3n) is 4.64. The van der Waals surface area contributed by atoms with E-state index < -0.39 is 11.9 Å². The Labute approximate surface area is 196 Å². The maximum absolute atomic E-state index is 14.2. The van der Waals surface area contributed by atoms with E-state index in [0.29, 0.717) is 22.6 Å². The lowest BCUT2D eigenvalue weighted by Gasteiger charge is -2.18. The summed E-state index contributed by atoms with van der Waals surface area (Å²) in [6, 6.07) is 12.1. The molecule has 3 aromatic rings. The van der Waals surface area contributed by atoms with Crippen LogP contribution in [-0.4, -0.2) is 34.6 Å². The molecule has 0 saturated carbocycles. The summed E-state index contributed by atoms with van der Waals surface area (Å²) in [6.45, 7) is 11.5. The molecule has 0 fully saturated rings. The van der Waals surface area contributed by atoms with Gasteiger partial charge in [0.05, 0.1) is 18.8 Å². The zero-order valence-electron chi connectivity index (χ0n) is 20.5. The minimum absolute atomic E-state index is 0.168. The Morgan fingerprint density at radius 1 is 1.09 bits per heavy atom. The first-order valence-corrected chi connectivity index (χ1v) is 11.2. The molecule has 0 saturated heterocycles. The van der Waals surface area contributed by atoms with Crippen LogP contribution in [0.4, 0.5) is 10.3 Å². The smallest absolute Gasteiger partial charge is 0.251 e. The van der Waals surface area contributed by atoms with Crippen molar-refractivity contribution in [2.45, 2.75) is 47.6 Å². The number of aryl methyl sites for hydroxylation is 2. The number of aliphatic hydroxyl groups excluding tert-OH is 1. The van der Waals surface area contributed by atoms with Crippen molar-refractivity contribution in [2.24, 2.45) is 0 Å². The highest BCUT2D eigenvalue weighted by Crippen LogP contribution is 2.26. The highest BCUT2D eigenvalue weighted by atomic mass is 19.1. The Morgan fingerprint density at radius 3 is 2.36 bits per heavy atom. The number of aromatic nitrogens is 2. The number of carbonyl (C=O) groups is 1. The Morgan fingerprint density at radius 2 is 1.79 bits per heavy atom. The summed E-state index contributed by atoms with van der Waals surface area (Å²) in [6.07, 6.45) is 1.11. The summed E-state index contributed by atoms with van der Waals surface area (Å²) in [5.41, 5.74) is 3.74. The molecular formula is C26H35FN4O2. The second-order valence-electron chi connectivity index (χ2n) is 6.79. The van der Waals surface area contributed by atoms with Gasteiger partial charge in [0, 0.05) is 18.2 Å². The van der Waals surface area contributed by atoms with E-state index in [9.17, 15) is 14.3 Å². The van der Waals surface area contributed by atoms with Crippen LogP contribution in [0.3, 0.4) is 0 Å². The molecule has 6 nitrogen and oxygen atoms in total. The van der Waals surface area contributed by atoms with Gasteiger partial charge in [-0.1, -0.05) is 63.6 Å². The molecule has 7 heteroatoms. The maximum Gasteiger partial charge on any atom is 0.251 e. The largest absolute Gasteiger partial charge is 0.394 e. The quantitative estimate of drug-likeness (QED) is 0.461. The van der Waals surface area contributed by atoms with Crippen LogP contribution in [0.5, 0.6) is 0 Å². The van der Waals surface area contributed by atoms with E-state index in [1.807, 2.05) is 58.9 Å². The summed E-state index contributed by atoms with van der Waals surface area (Å²) < 4.78 is 14.2. The molecule has 33 heavy (non-hydrogen) atoms. The van der Waals surface area contributed by atoms with Crippen LogP contribution in [0.2, 0.25) is 0 Å². The van der Waals surface area contributed by atoms with Crippen molar-refractivity contribution in [2.75, 3.05) is 19.0 Å². The van der Waals surface area contributed by atoms with Crippen molar-refractivity contribution in [1.82, 2.24) is 15.3 Å². The molecule has 0 aliphatic rings. The third kappa shape index (κ3) is 7.36. The topological polar surface area (TPSA) is 87.1 Å². The Balaban J connectivity index is 0.00000129. The van der Waals surface area contributed by atoms with Crippen molar-refractivity contribution in [1.29, 1.82) is 0 Å². The molecule has 1 aromatic heterocycles. The monoisotopic (exact) mass is 454 g/mol. The van der Waals surface area contributed by atoms with Gasteiger partial charge in [-0.3, -0.25) is 4.79 Å². The van der Waals surface area contributed by atoms with Gasteiger partial charge in [0.15, 0.2) is 5.82 Å². The van der Waals surface area contributed by atoms with Crippen molar-refractivity contribution in [3.63, 3.8) is 0 Å². The van der Waals surface area contributed by atoms with E-state index in [0.717, 1.165) is 17.3 Å². The first-order valence-electron chi connectivity index (χ1n) is 11.2. The number of carbonyl (C=O) groups excluding carboxylic acids is 1. The van der Waals surface area contributed by atoms with Gasteiger partial charge in [-0.15, -0.1) is 0 Å². The summed E-state index contributed by atoms with van der Waals surface area (Å²) in [7, 11) is 1.66. The maximum atomic E-state index is 14.2. The molecular weight excluding hydrogens is 419 g/mol. The van der Waals surface area contributed by atoms with Gasteiger partial charge in [0.25, 0.3) is 5.91 Å². The number of benzene rings is 2. The molecule has 0 unspecified atom stereocenters. The van der Waals surface area contributed by atoms with Gasteiger partial charge in [-0.05, 0) is 37.1 Å². The lowest BCUT2D eigenvalue weighted by Crippen LogP contribution is -2.30. The Bertz CT molecular complexity index is 1040. The minimum atomic E-state index is -0.538. The number of amides is 1. The molecule has 0 aliphatic heterocycles. The molecule has 0 aliphatic carbocycles. The van der Waals surface area contributed by atoms with Crippen LogP contribution in [0.25, 0.3) is 11.3 Å². The first-order chi connectivity index (χ1) is 15.9. The fraction of sp³-hybridized carbons (Fsp3) is 0.346. The highest BCUT2D eigenvalue weighted by Gasteiger charge is 2.17. The van der Waals surface area contributed by atoms with Gasteiger partial charge >= 0.3 is 0 Å². The predicted molar refractivity (Wildman–Crippen MR) is 133 cm³/mol. The molecule has 1 atom stereocenters. The molecule has 0 spiro atoms. The standard InChI is InChI=1S/C22H23FN4O2.2C2H6/c1-13-5-4-6-15(9-13)19(12-28)26-21(29)16-7-8-17(14(2)10-16)20-18(23)11-25-22(24-3)27-20;2*1-2/h4-11,19,28H,12H2,1-3H3,(H,26,29)(H,24,25,27);2*1-2H3/t19-;;/m1../s1. The van der Waals surface area contributed by atoms with Crippen LogP contribution in [0.1, 0.15) is 60.8 Å². The van der Waals surface area contributed by atoms with Gasteiger partial charge < -0.3 is 15.7 Å². The van der Waals surface area contributed by atoms with Crippen molar-refractivity contribution in [3.8, 4) is 11.3 Å². The molecule has 3 rings (SSSR count). The van der Waals surface area contributed by atoms with Crippen LogP contribution >= 0.6 is 0 Å². The van der Waals surface area contributed by atoms with Crippen LogP contribution < -0.4 is 10.6 Å². The summed E-state index contributed by atoms with van der Waals surface area (Å²) in [5.74, 6) is -0.546. The lowest BCUT2D eigenvalue weighted by molar-refractivity contribution is 0.0916. The van der Waals surface area contributed by atoms with E-state index >= 15 is 0 Å².